The minimum atomic E-state index is -0.528. The summed E-state index contributed by atoms with van der Waals surface area (Å²) in [6, 6.07) is 84.1. The molecule has 4 aliphatic carbocycles. The van der Waals surface area contributed by atoms with E-state index in [0.29, 0.717) is 0 Å². The molecule has 0 N–H and O–H groups in total. The van der Waals surface area contributed by atoms with E-state index in [0.717, 1.165) is 23.5 Å². The first-order valence-electron chi connectivity index (χ1n) is 22.6. The first kappa shape index (κ1) is 36.9. The van der Waals surface area contributed by atoms with E-state index >= 15 is 0 Å². The molecule has 4 aliphatic rings. The van der Waals surface area contributed by atoms with E-state index in [1.54, 1.807) is 0 Å². The molecule has 0 saturated heterocycles. The van der Waals surface area contributed by atoms with Gasteiger partial charge in [0.15, 0.2) is 0 Å². The van der Waals surface area contributed by atoms with E-state index < -0.39 is 5.41 Å². The number of anilines is 3. The highest BCUT2D eigenvalue weighted by Crippen LogP contribution is 2.69. The van der Waals surface area contributed by atoms with E-state index in [1.165, 1.54) is 100 Å². The summed E-state index contributed by atoms with van der Waals surface area (Å²) < 4.78 is 0. The Hall–Kier alpha value is -7.74. The summed E-state index contributed by atoms with van der Waals surface area (Å²) in [5, 5.41) is 0. The van der Waals surface area contributed by atoms with Gasteiger partial charge in [-0.2, -0.15) is 0 Å². The Kier molecular flexibility index (Phi) is 8.00. The molecule has 64 heavy (non-hydrogen) atoms. The predicted octanol–water partition coefficient (Wildman–Crippen LogP) is 16.2. The minimum absolute atomic E-state index is 0.135. The highest BCUT2D eigenvalue weighted by atomic mass is 15.1. The third-order valence-electron chi connectivity index (χ3n) is 14.8. The van der Waals surface area contributed by atoms with Crippen LogP contribution in [0.5, 0.6) is 0 Å². The third kappa shape index (κ3) is 5.13. The lowest BCUT2D eigenvalue weighted by atomic mass is 9.69. The van der Waals surface area contributed by atoms with Crippen molar-refractivity contribution in [2.24, 2.45) is 0 Å². The molecule has 9 aromatic carbocycles. The van der Waals surface area contributed by atoms with Crippen LogP contribution in [0.25, 0.3) is 50.1 Å². The van der Waals surface area contributed by atoms with Crippen LogP contribution in [0.2, 0.25) is 0 Å². The lowest BCUT2D eigenvalue weighted by molar-refractivity contribution is 0.660. The summed E-state index contributed by atoms with van der Waals surface area (Å²) >= 11 is 0. The number of hydrogen-bond acceptors (Lipinski definition) is 1. The Bertz CT molecular complexity index is 3410. The normalized spacial score (nSPS) is 16.9. The third-order valence-corrected chi connectivity index (χ3v) is 14.8. The van der Waals surface area contributed by atoms with E-state index in [9.17, 15) is 0 Å². The summed E-state index contributed by atoms with van der Waals surface area (Å²) in [6.45, 7) is 4.76. The first-order chi connectivity index (χ1) is 31.5. The lowest BCUT2D eigenvalue weighted by Gasteiger charge is -2.33. The largest absolute Gasteiger partial charge is 0.310 e. The standard InChI is InChI=1S/C63H45N/c1-62(2)55-27-15-12-24-48(55)50-36-34-46(38-58(50)62)64(45-32-30-42(31-33-45)41-18-6-3-7-19-41)47-35-37-51-49-25-13-16-28-56(49)63(59(51)39-47)57-29-17-14-26-52(57)60-53(43-20-8-4-9-21-43)40-54(61(60)63)44-22-10-5-11-23-44/h3-39H,40H2,1-2H3. The van der Waals surface area contributed by atoms with Crippen molar-refractivity contribution in [1.82, 2.24) is 0 Å². The molecule has 1 atom stereocenters. The summed E-state index contributed by atoms with van der Waals surface area (Å²) in [7, 11) is 0. The smallest absolute Gasteiger partial charge is 0.0729 e. The van der Waals surface area contributed by atoms with Crippen molar-refractivity contribution in [3.05, 3.63) is 275 Å². The van der Waals surface area contributed by atoms with Gasteiger partial charge in [-0.3, -0.25) is 0 Å². The second-order valence-corrected chi connectivity index (χ2v) is 18.3. The molecular weight excluding hydrogens is 771 g/mol. The molecule has 0 heterocycles. The number of nitrogens with zero attached hydrogens (tertiary/aromatic N) is 1. The molecule has 0 aromatic heterocycles. The molecule has 0 aliphatic heterocycles. The second-order valence-electron chi connectivity index (χ2n) is 18.3. The molecule has 0 fully saturated rings. The molecule has 302 valence electrons. The lowest BCUT2D eigenvalue weighted by Crippen LogP contribution is -2.27. The van der Waals surface area contributed by atoms with Gasteiger partial charge in [0.05, 0.1) is 5.41 Å². The van der Waals surface area contributed by atoms with Gasteiger partial charge in [0.1, 0.15) is 0 Å². The van der Waals surface area contributed by atoms with Crippen molar-refractivity contribution in [3.8, 4) is 33.4 Å². The van der Waals surface area contributed by atoms with Crippen molar-refractivity contribution in [2.45, 2.75) is 31.1 Å². The average molecular weight is 816 g/mol. The van der Waals surface area contributed by atoms with Crippen molar-refractivity contribution < 1.29 is 0 Å². The molecule has 9 aromatic rings. The van der Waals surface area contributed by atoms with E-state index in [2.05, 4.69) is 243 Å². The maximum atomic E-state index is 2.55. The summed E-state index contributed by atoms with van der Waals surface area (Å²) in [4.78, 5) is 2.50. The predicted molar refractivity (Wildman–Crippen MR) is 267 cm³/mol. The summed E-state index contributed by atoms with van der Waals surface area (Å²) in [6.07, 6.45) is 0.874. The van der Waals surface area contributed by atoms with Gasteiger partial charge < -0.3 is 4.90 Å². The molecule has 13 rings (SSSR count). The number of benzene rings is 9. The van der Waals surface area contributed by atoms with Crippen LogP contribution in [-0.2, 0) is 10.8 Å². The molecule has 0 amide bonds. The summed E-state index contributed by atoms with van der Waals surface area (Å²) in [5.74, 6) is 0. The van der Waals surface area contributed by atoms with E-state index in [1.807, 2.05) is 0 Å². The van der Waals surface area contributed by atoms with Crippen molar-refractivity contribution in [1.29, 1.82) is 0 Å². The van der Waals surface area contributed by atoms with Gasteiger partial charge in [-0.15, -0.1) is 0 Å². The van der Waals surface area contributed by atoms with Crippen LogP contribution in [-0.4, -0.2) is 0 Å². The maximum absolute atomic E-state index is 2.55. The fraction of sp³-hybridized carbons (Fsp3) is 0.0794. The molecule has 1 unspecified atom stereocenters. The van der Waals surface area contributed by atoms with Gasteiger partial charge in [-0.25, -0.2) is 0 Å². The fourth-order valence-corrected chi connectivity index (χ4v) is 12.0. The monoisotopic (exact) mass is 815 g/mol. The number of allylic oxidation sites excluding steroid dienone is 4. The molecule has 0 radical (unpaired) electrons. The number of rotatable bonds is 6. The minimum Gasteiger partial charge on any atom is -0.310 e. The summed E-state index contributed by atoms with van der Waals surface area (Å²) in [5.41, 5.74) is 26.8. The van der Waals surface area contributed by atoms with Gasteiger partial charge in [0.2, 0.25) is 0 Å². The first-order valence-corrected chi connectivity index (χ1v) is 22.6. The Morgan fingerprint density at radius 2 is 0.750 bits per heavy atom. The average Bonchev–Trinajstić information content (AvgIpc) is 4.05. The molecule has 1 heteroatoms. The molecule has 0 saturated carbocycles. The Labute approximate surface area is 376 Å². The molecule has 1 nitrogen and oxygen atoms in total. The topological polar surface area (TPSA) is 3.24 Å². The Morgan fingerprint density at radius 3 is 1.38 bits per heavy atom. The number of hydrogen-bond donors (Lipinski definition) is 0. The van der Waals surface area contributed by atoms with Crippen LogP contribution in [0.1, 0.15) is 64.8 Å². The van der Waals surface area contributed by atoms with Crippen LogP contribution >= 0.6 is 0 Å². The van der Waals surface area contributed by atoms with Gasteiger partial charge >= 0.3 is 0 Å². The zero-order valence-electron chi connectivity index (χ0n) is 36.0. The maximum Gasteiger partial charge on any atom is 0.0729 e. The van der Waals surface area contributed by atoms with Gasteiger partial charge in [-0.1, -0.05) is 202 Å². The fourth-order valence-electron chi connectivity index (χ4n) is 12.0. The molecule has 0 bridgehead atoms. The van der Waals surface area contributed by atoms with Crippen molar-refractivity contribution in [3.63, 3.8) is 0 Å². The zero-order valence-corrected chi connectivity index (χ0v) is 36.0. The highest BCUT2D eigenvalue weighted by molar-refractivity contribution is 6.17. The Morgan fingerprint density at radius 1 is 0.328 bits per heavy atom. The molecule has 1 spiro atoms. The van der Waals surface area contributed by atoms with Crippen LogP contribution in [0, 0.1) is 0 Å². The van der Waals surface area contributed by atoms with Crippen LogP contribution in [0.3, 0.4) is 0 Å². The Balaban J connectivity index is 1.08. The van der Waals surface area contributed by atoms with Crippen molar-refractivity contribution >= 4 is 33.8 Å². The zero-order chi connectivity index (χ0) is 42.6. The second kappa shape index (κ2) is 13.9. The SMILES string of the molecule is CC1(C)c2ccccc2-c2ccc(N(c3ccc(-c4ccccc4)cc3)c3ccc4c(c3)C3(C5=C(c6ccccc6)CC(c6ccccc6)=C5c5ccccc53)c3ccccc3-4)cc21. The van der Waals surface area contributed by atoms with E-state index in [4.69, 9.17) is 0 Å². The molecular formula is C63H45N. The van der Waals surface area contributed by atoms with Gasteiger partial charge in [-0.05, 0) is 143 Å². The quantitative estimate of drug-likeness (QED) is 0.162. The number of fused-ring (bicyclic) bond motifs is 13. The van der Waals surface area contributed by atoms with Crippen molar-refractivity contribution in [2.75, 3.05) is 4.90 Å². The van der Waals surface area contributed by atoms with E-state index in [-0.39, 0.29) is 5.41 Å². The van der Waals surface area contributed by atoms with Crippen LogP contribution in [0.15, 0.2) is 230 Å². The van der Waals surface area contributed by atoms with Gasteiger partial charge in [0, 0.05) is 22.5 Å². The van der Waals surface area contributed by atoms with Crippen LogP contribution in [0.4, 0.5) is 17.1 Å². The van der Waals surface area contributed by atoms with Crippen LogP contribution < -0.4 is 4.90 Å². The van der Waals surface area contributed by atoms with Gasteiger partial charge in [0.25, 0.3) is 0 Å². The highest BCUT2D eigenvalue weighted by Gasteiger charge is 2.56.